The predicted octanol–water partition coefficient (Wildman–Crippen LogP) is 6.58. The number of halogens is 2. The number of carboxylic acids is 1. The van der Waals surface area contributed by atoms with Crippen LogP contribution in [0.25, 0.3) is 27.5 Å². The van der Waals surface area contributed by atoms with E-state index in [1.807, 2.05) is 6.07 Å². The summed E-state index contributed by atoms with van der Waals surface area (Å²) < 4.78 is 32.1. The summed E-state index contributed by atoms with van der Waals surface area (Å²) in [7, 11) is 0. The fourth-order valence-corrected chi connectivity index (χ4v) is 5.51. The van der Waals surface area contributed by atoms with Gasteiger partial charge in [-0.1, -0.05) is 13.8 Å². The molecule has 2 aromatic heterocycles. The molecule has 0 amide bonds. The summed E-state index contributed by atoms with van der Waals surface area (Å²) in [6.45, 7) is 5.89. The van der Waals surface area contributed by atoms with Gasteiger partial charge in [0.15, 0.2) is 5.82 Å². The first kappa shape index (κ1) is 21.6. The molecule has 4 aromatic rings. The number of benzene rings is 2. The molecule has 1 fully saturated rings. The van der Waals surface area contributed by atoms with Crippen LogP contribution in [0, 0.1) is 24.5 Å². The van der Waals surface area contributed by atoms with Gasteiger partial charge in [-0.25, -0.2) is 8.78 Å². The Hall–Kier alpha value is -3.22. The van der Waals surface area contributed by atoms with Gasteiger partial charge in [0, 0.05) is 22.2 Å². The van der Waals surface area contributed by atoms with Crippen molar-refractivity contribution in [3.05, 3.63) is 58.9 Å². The molecule has 2 heterocycles. The van der Waals surface area contributed by atoms with Crippen molar-refractivity contribution in [3.63, 3.8) is 0 Å². The number of rotatable bonds is 4. The van der Waals surface area contributed by atoms with Crippen LogP contribution in [0.2, 0.25) is 0 Å². The summed E-state index contributed by atoms with van der Waals surface area (Å²) in [6.07, 6.45) is 4.15. The van der Waals surface area contributed by atoms with Crippen LogP contribution in [0.5, 0.6) is 0 Å². The van der Waals surface area contributed by atoms with Gasteiger partial charge in [0.1, 0.15) is 11.3 Å². The van der Waals surface area contributed by atoms with E-state index in [0.717, 1.165) is 22.5 Å². The maximum atomic E-state index is 16.0. The lowest BCUT2D eigenvalue weighted by atomic mass is 9.77. The Morgan fingerprint density at radius 1 is 1.18 bits per heavy atom. The second-order valence-electron chi connectivity index (χ2n) is 9.53. The van der Waals surface area contributed by atoms with E-state index in [9.17, 15) is 14.3 Å². The summed E-state index contributed by atoms with van der Waals surface area (Å²) in [4.78, 5) is 11.5. The minimum absolute atomic E-state index is 0.0539. The van der Waals surface area contributed by atoms with Crippen molar-refractivity contribution in [3.8, 4) is 5.69 Å². The van der Waals surface area contributed by atoms with Crippen molar-refractivity contribution >= 4 is 27.8 Å². The molecule has 1 saturated carbocycles. The number of hydrogen-bond donors (Lipinski definition) is 2. The van der Waals surface area contributed by atoms with Crippen molar-refractivity contribution < 1.29 is 18.7 Å². The van der Waals surface area contributed by atoms with Crippen LogP contribution in [-0.4, -0.2) is 25.8 Å². The predicted molar refractivity (Wildman–Crippen MR) is 124 cm³/mol. The molecule has 7 heteroatoms. The van der Waals surface area contributed by atoms with Gasteiger partial charge in [0.25, 0.3) is 0 Å². The number of nitrogens with zero attached hydrogens (tertiary/aromatic N) is 2. The fraction of sp³-hybridized carbons (Fsp3) is 0.385. The van der Waals surface area contributed by atoms with Crippen molar-refractivity contribution in [1.82, 2.24) is 14.8 Å². The van der Waals surface area contributed by atoms with Gasteiger partial charge in [0.05, 0.1) is 17.6 Å². The third kappa shape index (κ3) is 3.41. The second kappa shape index (κ2) is 7.97. The lowest BCUT2D eigenvalue weighted by molar-refractivity contribution is -0.142. The molecule has 1 aliphatic rings. The Morgan fingerprint density at radius 3 is 2.55 bits per heavy atom. The topological polar surface area (TPSA) is 70.9 Å². The molecule has 33 heavy (non-hydrogen) atoms. The minimum atomic E-state index is -0.757. The van der Waals surface area contributed by atoms with E-state index >= 15 is 4.39 Å². The molecule has 2 N–H and O–H groups in total. The second-order valence-corrected chi connectivity index (χ2v) is 9.53. The summed E-state index contributed by atoms with van der Waals surface area (Å²) in [6, 6.07) is 6.92. The van der Waals surface area contributed by atoms with Gasteiger partial charge in [-0.05, 0) is 79.8 Å². The number of fused-ring (bicyclic) bond motifs is 2. The Bertz CT molecular complexity index is 1380. The first-order chi connectivity index (χ1) is 15.8. The zero-order valence-corrected chi connectivity index (χ0v) is 19.0. The summed E-state index contributed by atoms with van der Waals surface area (Å²) in [5.74, 6) is -1.59. The number of aromatic nitrogens is 3. The average molecular weight is 452 g/mol. The molecule has 5 nitrogen and oxygen atoms in total. The Kier molecular flexibility index (Phi) is 5.22. The van der Waals surface area contributed by atoms with E-state index in [2.05, 4.69) is 28.6 Å². The molecule has 0 aliphatic heterocycles. The summed E-state index contributed by atoms with van der Waals surface area (Å²) in [5.41, 5.74) is 4.35. The number of H-pyrrole nitrogens is 1. The zero-order valence-electron chi connectivity index (χ0n) is 19.0. The third-order valence-electron chi connectivity index (χ3n) is 7.11. The average Bonchev–Trinajstić information content (AvgIpc) is 3.39. The molecule has 0 saturated heterocycles. The van der Waals surface area contributed by atoms with E-state index in [1.54, 1.807) is 25.3 Å². The normalized spacial score (nSPS) is 19.1. The van der Waals surface area contributed by atoms with Crippen molar-refractivity contribution in [1.29, 1.82) is 0 Å². The van der Waals surface area contributed by atoms with Crippen LogP contribution in [0.1, 0.15) is 68.2 Å². The highest BCUT2D eigenvalue weighted by Crippen LogP contribution is 2.46. The number of aromatic amines is 1. The van der Waals surface area contributed by atoms with Gasteiger partial charge in [-0.15, -0.1) is 0 Å². The van der Waals surface area contributed by atoms with Crippen LogP contribution < -0.4 is 0 Å². The van der Waals surface area contributed by atoms with Crippen LogP contribution in [0.3, 0.4) is 0 Å². The maximum absolute atomic E-state index is 16.0. The van der Waals surface area contributed by atoms with E-state index in [4.69, 9.17) is 0 Å². The monoisotopic (exact) mass is 451 g/mol. The first-order valence-corrected chi connectivity index (χ1v) is 11.5. The third-order valence-corrected chi connectivity index (χ3v) is 7.11. The van der Waals surface area contributed by atoms with Crippen LogP contribution >= 0.6 is 0 Å². The number of carbonyl (C=O) groups is 1. The molecule has 0 unspecified atom stereocenters. The fourth-order valence-electron chi connectivity index (χ4n) is 5.51. The standard InChI is InChI=1S/C26H27F2N3O2/c1-13(2)25-21(15-4-6-16(7-5-15)26(32)33)22-20(11-17-12-29-30-24(17)23(22)28)31(25)18-8-9-19(27)14(3)10-18/h8-13,15-16H,4-7H2,1-3H3,(H,29,30)(H,32,33)/t15-,16-. The van der Waals surface area contributed by atoms with E-state index in [1.165, 1.54) is 6.07 Å². The largest absolute Gasteiger partial charge is 0.481 e. The molecular formula is C26H27F2N3O2. The van der Waals surface area contributed by atoms with Gasteiger partial charge >= 0.3 is 5.97 Å². The van der Waals surface area contributed by atoms with E-state index < -0.39 is 5.97 Å². The summed E-state index contributed by atoms with van der Waals surface area (Å²) >= 11 is 0. The van der Waals surface area contributed by atoms with Crippen LogP contribution in [0.4, 0.5) is 8.78 Å². The number of carboxylic acid groups (broad SMARTS) is 1. The van der Waals surface area contributed by atoms with Crippen molar-refractivity contribution in [2.75, 3.05) is 0 Å². The molecule has 0 spiro atoms. The lowest BCUT2D eigenvalue weighted by Crippen LogP contribution is -2.21. The molecule has 0 bridgehead atoms. The highest BCUT2D eigenvalue weighted by Gasteiger charge is 2.33. The highest BCUT2D eigenvalue weighted by atomic mass is 19.1. The smallest absolute Gasteiger partial charge is 0.306 e. The number of aryl methyl sites for hydroxylation is 1. The van der Waals surface area contributed by atoms with Gasteiger partial charge in [0.2, 0.25) is 0 Å². The van der Waals surface area contributed by atoms with Crippen LogP contribution in [-0.2, 0) is 4.79 Å². The highest BCUT2D eigenvalue weighted by molar-refractivity contribution is 5.99. The quantitative estimate of drug-likeness (QED) is 0.368. The Labute approximate surface area is 190 Å². The molecular weight excluding hydrogens is 424 g/mol. The number of hydrogen-bond acceptors (Lipinski definition) is 2. The number of nitrogens with one attached hydrogen (secondary N) is 1. The molecule has 5 rings (SSSR count). The SMILES string of the molecule is Cc1cc(-n2c(C(C)C)c([C@H]3CC[C@H](C(=O)O)CC3)c3c(F)c4[nH]ncc4cc32)ccc1F. The van der Waals surface area contributed by atoms with E-state index in [-0.39, 0.29) is 29.4 Å². The molecule has 1 aliphatic carbocycles. The Morgan fingerprint density at radius 2 is 1.91 bits per heavy atom. The molecule has 2 aromatic carbocycles. The van der Waals surface area contributed by atoms with Gasteiger partial charge in [-0.3, -0.25) is 9.89 Å². The zero-order chi connectivity index (χ0) is 23.4. The lowest BCUT2D eigenvalue weighted by Gasteiger charge is -2.28. The first-order valence-electron chi connectivity index (χ1n) is 11.5. The Balaban J connectivity index is 1.82. The molecule has 172 valence electrons. The van der Waals surface area contributed by atoms with Gasteiger partial charge < -0.3 is 9.67 Å². The van der Waals surface area contributed by atoms with E-state index in [0.29, 0.717) is 47.5 Å². The summed E-state index contributed by atoms with van der Waals surface area (Å²) in [5, 5.41) is 17.5. The maximum Gasteiger partial charge on any atom is 0.306 e. The molecule has 0 radical (unpaired) electrons. The molecule has 0 atom stereocenters. The van der Waals surface area contributed by atoms with Crippen molar-refractivity contribution in [2.24, 2.45) is 5.92 Å². The van der Waals surface area contributed by atoms with Gasteiger partial charge in [-0.2, -0.15) is 5.10 Å². The minimum Gasteiger partial charge on any atom is -0.481 e. The number of aliphatic carboxylic acids is 1. The van der Waals surface area contributed by atoms with Crippen molar-refractivity contribution in [2.45, 2.75) is 58.3 Å². The van der Waals surface area contributed by atoms with Crippen LogP contribution in [0.15, 0.2) is 30.5 Å².